The molecule has 0 spiro atoms. The number of nitrogens with zero attached hydrogens (tertiary/aromatic N) is 1. The van der Waals surface area contributed by atoms with Crippen LogP contribution < -0.4 is 5.32 Å². The molecule has 1 aliphatic rings. The Morgan fingerprint density at radius 2 is 2.18 bits per heavy atom. The highest BCUT2D eigenvalue weighted by Crippen LogP contribution is 2.34. The number of hydrogen-bond acceptors (Lipinski definition) is 2. The Morgan fingerprint density at radius 1 is 1.41 bits per heavy atom. The van der Waals surface area contributed by atoms with Crippen LogP contribution >= 0.6 is 0 Å². The molecule has 0 radical (unpaired) electrons. The average molecular weight is 244 g/mol. The molecule has 2 nitrogen and oxygen atoms in total. The molecular weight excluding hydrogens is 229 g/mol. The fourth-order valence-electron chi connectivity index (χ4n) is 2.32. The van der Waals surface area contributed by atoms with Crippen molar-refractivity contribution < 1.29 is 13.2 Å². The van der Waals surface area contributed by atoms with Crippen molar-refractivity contribution in [3.63, 3.8) is 0 Å². The average Bonchev–Trinajstić information content (AvgIpc) is 2.64. The Kier molecular flexibility index (Phi) is 3.69. The number of nitrogens with one attached hydrogen (secondary N) is 1. The van der Waals surface area contributed by atoms with Crippen molar-refractivity contribution in [3.05, 3.63) is 35.4 Å². The molecule has 94 valence electrons. The van der Waals surface area contributed by atoms with Crippen molar-refractivity contribution in [1.29, 1.82) is 0 Å². The molecule has 2 rings (SSSR count). The molecule has 1 aromatic rings. The monoisotopic (exact) mass is 244 g/mol. The van der Waals surface area contributed by atoms with E-state index in [-0.39, 0.29) is 18.5 Å². The van der Waals surface area contributed by atoms with Crippen LogP contribution in [-0.2, 0) is 0 Å². The maximum atomic E-state index is 13.6. The van der Waals surface area contributed by atoms with E-state index in [9.17, 15) is 13.2 Å². The van der Waals surface area contributed by atoms with E-state index in [0.29, 0.717) is 6.67 Å². The molecule has 0 aliphatic carbocycles. The third-order valence-electron chi connectivity index (χ3n) is 3.03. The number of rotatable bonds is 3. The lowest BCUT2D eigenvalue weighted by atomic mass is 10.0. The predicted molar refractivity (Wildman–Crippen MR) is 59.2 cm³/mol. The largest absolute Gasteiger partial charge is 0.307 e. The SMILES string of the molecule is CNCN1C[C@@H](F)C[C@@H]1c1cc(F)ccc1F. The van der Waals surface area contributed by atoms with E-state index < -0.39 is 23.8 Å². The van der Waals surface area contributed by atoms with Crippen LogP contribution in [0.25, 0.3) is 0 Å². The molecule has 1 fully saturated rings. The summed E-state index contributed by atoms with van der Waals surface area (Å²) in [4.78, 5) is 1.78. The zero-order valence-corrected chi connectivity index (χ0v) is 9.59. The lowest BCUT2D eigenvalue weighted by Crippen LogP contribution is -2.32. The summed E-state index contributed by atoms with van der Waals surface area (Å²) >= 11 is 0. The minimum absolute atomic E-state index is 0.210. The van der Waals surface area contributed by atoms with E-state index in [1.807, 2.05) is 0 Å². The summed E-state index contributed by atoms with van der Waals surface area (Å²) in [7, 11) is 1.74. The van der Waals surface area contributed by atoms with E-state index >= 15 is 0 Å². The molecule has 0 bridgehead atoms. The first kappa shape index (κ1) is 12.4. The topological polar surface area (TPSA) is 15.3 Å². The molecule has 1 heterocycles. The van der Waals surface area contributed by atoms with Gasteiger partial charge in [-0.15, -0.1) is 0 Å². The Bertz CT molecular complexity index is 397. The molecule has 17 heavy (non-hydrogen) atoms. The van der Waals surface area contributed by atoms with Gasteiger partial charge in [-0.05, 0) is 31.7 Å². The maximum absolute atomic E-state index is 13.6. The number of halogens is 3. The van der Waals surface area contributed by atoms with Crippen LogP contribution in [0.5, 0.6) is 0 Å². The third kappa shape index (κ3) is 2.61. The van der Waals surface area contributed by atoms with Crippen LogP contribution in [0.1, 0.15) is 18.0 Å². The first-order valence-corrected chi connectivity index (χ1v) is 5.59. The van der Waals surface area contributed by atoms with Gasteiger partial charge in [-0.25, -0.2) is 13.2 Å². The lowest BCUT2D eigenvalue weighted by molar-refractivity contribution is 0.230. The van der Waals surface area contributed by atoms with Gasteiger partial charge in [0.2, 0.25) is 0 Å². The smallest absolute Gasteiger partial charge is 0.128 e. The van der Waals surface area contributed by atoms with Gasteiger partial charge in [0.25, 0.3) is 0 Å². The molecule has 5 heteroatoms. The van der Waals surface area contributed by atoms with Crippen molar-refractivity contribution in [2.24, 2.45) is 0 Å². The third-order valence-corrected chi connectivity index (χ3v) is 3.03. The minimum atomic E-state index is -0.990. The van der Waals surface area contributed by atoms with Crippen molar-refractivity contribution in [2.75, 3.05) is 20.3 Å². The first-order chi connectivity index (χ1) is 8.11. The number of hydrogen-bond donors (Lipinski definition) is 1. The van der Waals surface area contributed by atoms with Gasteiger partial charge in [0, 0.05) is 24.8 Å². The molecule has 1 aromatic carbocycles. The number of benzene rings is 1. The van der Waals surface area contributed by atoms with E-state index in [1.54, 1.807) is 11.9 Å². The first-order valence-electron chi connectivity index (χ1n) is 5.59. The van der Waals surface area contributed by atoms with Gasteiger partial charge < -0.3 is 5.32 Å². The molecule has 2 atom stereocenters. The molecule has 1 aliphatic heterocycles. The summed E-state index contributed by atoms with van der Waals surface area (Å²) in [6.45, 7) is 0.711. The zero-order valence-electron chi connectivity index (χ0n) is 9.59. The Labute approximate surface area is 98.4 Å². The Morgan fingerprint density at radius 3 is 2.88 bits per heavy atom. The van der Waals surface area contributed by atoms with Crippen LogP contribution in [0.4, 0.5) is 13.2 Å². The highest BCUT2D eigenvalue weighted by molar-refractivity contribution is 5.23. The lowest BCUT2D eigenvalue weighted by Gasteiger charge is -2.24. The van der Waals surface area contributed by atoms with Crippen LogP contribution in [0.3, 0.4) is 0 Å². The molecule has 1 saturated heterocycles. The summed E-state index contributed by atoms with van der Waals surface area (Å²) in [5.74, 6) is -0.972. The summed E-state index contributed by atoms with van der Waals surface area (Å²) < 4.78 is 40.1. The molecular formula is C12H15F3N2. The summed E-state index contributed by atoms with van der Waals surface area (Å²) in [5.41, 5.74) is 0.236. The molecule has 1 N–H and O–H groups in total. The molecule has 0 unspecified atom stereocenters. The van der Waals surface area contributed by atoms with E-state index in [0.717, 1.165) is 18.2 Å². The quantitative estimate of drug-likeness (QED) is 0.877. The van der Waals surface area contributed by atoms with E-state index in [1.165, 1.54) is 0 Å². The summed E-state index contributed by atoms with van der Waals surface area (Å²) in [6, 6.07) is 2.92. The van der Waals surface area contributed by atoms with E-state index in [4.69, 9.17) is 0 Å². The fraction of sp³-hybridized carbons (Fsp3) is 0.500. The van der Waals surface area contributed by atoms with Crippen molar-refractivity contribution >= 4 is 0 Å². The number of alkyl halides is 1. The van der Waals surface area contributed by atoms with Crippen molar-refractivity contribution in [2.45, 2.75) is 18.6 Å². The van der Waals surface area contributed by atoms with Crippen LogP contribution in [0.15, 0.2) is 18.2 Å². The standard InChI is InChI=1S/C12H15F3N2/c1-16-7-17-6-9(14)5-12(17)10-4-8(13)2-3-11(10)15/h2-4,9,12,16H,5-7H2,1H3/t9-,12+/m0/s1. The molecule has 0 aromatic heterocycles. The van der Waals surface area contributed by atoms with Crippen LogP contribution in [0, 0.1) is 11.6 Å². The van der Waals surface area contributed by atoms with Gasteiger partial charge in [0.15, 0.2) is 0 Å². The summed E-state index contributed by atoms with van der Waals surface area (Å²) in [6.07, 6.45) is -0.779. The van der Waals surface area contributed by atoms with Crippen molar-refractivity contribution in [3.8, 4) is 0 Å². The fourth-order valence-corrected chi connectivity index (χ4v) is 2.32. The Hall–Kier alpha value is -1.07. The maximum Gasteiger partial charge on any atom is 0.128 e. The van der Waals surface area contributed by atoms with Gasteiger partial charge in [-0.3, -0.25) is 4.90 Å². The highest BCUT2D eigenvalue weighted by atomic mass is 19.1. The van der Waals surface area contributed by atoms with Gasteiger partial charge in [-0.1, -0.05) is 0 Å². The van der Waals surface area contributed by atoms with Gasteiger partial charge in [0.1, 0.15) is 17.8 Å². The van der Waals surface area contributed by atoms with Crippen molar-refractivity contribution in [1.82, 2.24) is 10.2 Å². The highest BCUT2D eigenvalue weighted by Gasteiger charge is 2.34. The minimum Gasteiger partial charge on any atom is -0.307 e. The second-order valence-corrected chi connectivity index (χ2v) is 4.30. The predicted octanol–water partition coefficient (Wildman–Crippen LogP) is 2.23. The van der Waals surface area contributed by atoms with Crippen LogP contribution in [-0.4, -0.2) is 31.3 Å². The molecule has 0 saturated carbocycles. The molecule has 0 amide bonds. The zero-order chi connectivity index (χ0) is 12.4. The Balaban J connectivity index is 2.27. The van der Waals surface area contributed by atoms with Gasteiger partial charge in [0.05, 0.1) is 0 Å². The normalized spacial score (nSPS) is 25.4. The van der Waals surface area contributed by atoms with Gasteiger partial charge in [-0.2, -0.15) is 0 Å². The number of likely N-dealkylation sites (tertiary alicyclic amines) is 1. The second kappa shape index (κ2) is 5.06. The second-order valence-electron chi connectivity index (χ2n) is 4.30. The van der Waals surface area contributed by atoms with Crippen LogP contribution in [0.2, 0.25) is 0 Å². The van der Waals surface area contributed by atoms with E-state index in [2.05, 4.69) is 5.32 Å². The summed E-state index contributed by atoms with van der Waals surface area (Å²) in [5, 5.41) is 2.91. The van der Waals surface area contributed by atoms with Gasteiger partial charge >= 0.3 is 0 Å².